The molecule has 4 aromatic carbocycles. The summed E-state index contributed by atoms with van der Waals surface area (Å²) in [5.74, 6) is -0.871. The molecule has 0 aliphatic rings. The second-order valence-electron chi connectivity index (χ2n) is 8.21. The van der Waals surface area contributed by atoms with Gasteiger partial charge in [0, 0.05) is 5.56 Å². The van der Waals surface area contributed by atoms with Crippen LogP contribution in [0.1, 0.15) is 10.4 Å². The predicted molar refractivity (Wildman–Crippen MR) is 143 cm³/mol. The highest BCUT2D eigenvalue weighted by Crippen LogP contribution is 2.31. The van der Waals surface area contributed by atoms with Crippen LogP contribution in [0.5, 0.6) is 23.0 Å². The van der Waals surface area contributed by atoms with Crippen molar-refractivity contribution in [3.63, 3.8) is 0 Å². The first-order chi connectivity index (χ1) is 18.7. The van der Waals surface area contributed by atoms with E-state index in [9.17, 15) is 28.2 Å². The van der Waals surface area contributed by atoms with Gasteiger partial charge in [-0.25, -0.2) is 13.2 Å². The molecule has 0 saturated carbocycles. The second-order valence-corrected chi connectivity index (χ2v) is 9.89. The van der Waals surface area contributed by atoms with E-state index in [4.69, 9.17) is 9.47 Å². The van der Waals surface area contributed by atoms with Crippen LogP contribution in [-0.2, 0) is 14.8 Å². The van der Waals surface area contributed by atoms with Crippen LogP contribution in [0, 0.1) is 0 Å². The van der Waals surface area contributed by atoms with E-state index >= 15 is 0 Å². The van der Waals surface area contributed by atoms with Crippen molar-refractivity contribution in [1.29, 1.82) is 0 Å². The van der Waals surface area contributed by atoms with Crippen molar-refractivity contribution in [2.45, 2.75) is 10.9 Å². The van der Waals surface area contributed by atoms with Crippen molar-refractivity contribution < 1.29 is 37.7 Å². The molecule has 0 saturated heterocycles. The Morgan fingerprint density at radius 1 is 0.795 bits per heavy atom. The van der Waals surface area contributed by atoms with Gasteiger partial charge < -0.3 is 25.0 Å². The fourth-order valence-corrected chi connectivity index (χ4v) is 4.45. The zero-order valence-corrected chi connectivity index (χ0v) is 21.2. The molecule has 0 bridgehead atoms. The van der Waals surface area contributed by atoms with Gasteiger partial charge in [-0.15, -0.1) is 0 Å². The molecule has 1 atom stereocenters. The number of benzene rings is 4. The Kier molecular flexibility index (Phi) is 8.32. The van der Waals surface area contributed by atoms with Crippen LogP contribution in [0.4, 0.5) is 5.69 Å². The number of amides is 1. The molecular weight excluding hydrogens is 524 g/mol. The van der Waals surface area contributed by atoms with E-state index in [0.29, 0.717) is 17.2 Å². The lowest BCUT2D eigenvalue weighted by Crippen LogP contribution is -2.44. The fraction of sp³-hybridized carbons (Fsp3) is 0.0714. The topological polar surface area (TPSA) is 151 Å². The maximum atomic E-state index is 13.0. The zero-order valence-electron chi connectivity index (χ0n) is 20.4. The van der Waals surface area contributed by atoms with Gasteiger partial charge in [0.2, 0.25) is 0 Å². The minimum atomic E-state index is -4.04. The molecule has 0 aliphatic carbocycles. The highest BCUT2D eigenvalue weighted by molar-refractivity contribution is 7.92. The molecule has 10 nitrogen and oxygen atoms in total. The molecule has 0 fully saturated rings. The summed E-state index contributed by atoms with van der Waals surface area (Å²) in [7, 11) is -4.04. The van der Waals surface area contributed by atoms with Crippen molar-refractivity contribution in [1.82, 2.24) is 5.32 Å². The summed E-state index contributed by atoms with van der Waals surface area (Å²) >= 11 is 0. The quantitative estimate of drug-likeness (QED) is 0.217. The number of nitrogens with one attached hydrogen (secondary N) is 2. The number of aromatic hydroxyl groups is 1. The highest BCUT2D eigenvalue weighted by atomic mass is 32.2. The van der Waals surface area contributed by atoms with Gasteiger partial charge in [0.15, 0.2) is 11.8 Å². The van der Waals surface area contributed by atoms with Gasteiger partial charge in [0.25, 0.3) is 15.9 Å². The summed E-state index contributed by atoms with van der Waals surface area (Å²) in [5.41, 5.74) is 0.277. The highest BCUT2D eigenvalue weighted by Gasteiger charge is 2.23. The molecule has 4 N–H and O–H groups in total. The van der Waals surface area contributed by atoms with E-state index < -0.39 is 27.9 Å². The molecule has 4 aromatic rings. The van der Waals surface area contributed by atoms with Crippen LogP contribution in [0.15, 0.2) is 108 Å². The van der Waals surface area contributed by atoms with Crippen LogP contribution in [-0.4, -0.2) is 43.2 Å². The average Bonchev–Trinajstić information content (AvgIpc) is 2.93. The standard InChI is InChI=1S/C28H24N2O8S/c31-20-12-14-21(15-13-20)37-18-25(28(33)34)29-27(32)19-10-16-23(17-11-19)39(35,36)30-24-8-4-5-9-26(24)38-22-6-2-1-3-7-22/h1-17,25,30-31H,18H2,(H,29,32)(H,33,34)/t25-/m0/s1. The Morgan fingerprint density at radius 3 is 2.10 bits per heavy atom. The second kappa shape index (κ2) is 12.0. The largest absolute Gasteiger partial charge is 0.508 e. The monoisotopic (exact) mass is 548 g/mol. The van der Waals surface area contributed by atoms with Crippen molar-refractivity contribution in [3.05, 3.63) is 109 Å². The van der Waals surface area contributed by atoms with Crippen LogP contribution in [0.3, 0.4) is 0 Å². The Balaban J connectivity index is 1.42. The number of sulfonamides is 1. The lowest BCUT2D eigenvalue weighted by Gasteiger charge is -2.16. The zero-order chi connectivity index (χ0) is 27.8. The fourth-order valence-electron chi connectivity index (χ4n) is 3.38. The summed E-state index contributed by atoms with van der Waals surface area (Å²) in [4.78, 5) is 24.1. The Bertz CT molecular complexity index is 1540. The van der Waals surface area contributed by atoms with Crippen molar-refractivity contribution in [2.75, 3.05) is 11.3 Å². The van der Waals surface area contributed by atoms with Gasteiger partial charge in [-0.1, -0.05) is 30.3 Å². The van der Waals surface area contributed by atoms with Crippen molar-refractivity contribution >= 4 is 27.6 Å². The van der Waals surface area contributed by atoms with Crippen LogP contribution >= 0.6 is 0 Å². The third-order valence-electron chi connectivity index (χ3n) is 5.39. The number of carboxylic acids is 1. The molecule has 11 heteroatoms. The smallest absolute Gasteiger partial charge is 0.329 e. The molecule has 1 amide bonds. The number of anilines is 1. The third kappa shape index (κ3) is 7.27. The van der Waals surface area contributed by atoms with Crippen LogP contribution in [0.2, 0.25) is 0 Å². The molecule has 0 spiro atoms. The van der Waals surface area contributed by atoms with Gasteiger partial charge in [-0.3, -0.25) is 9.52 Å². The van der Waals surface area contributed by atoms with Gasteiger partial charge in [-0.05, 0) is 72.8 Å². The maximum Gasteiger partial charge on any atom is 0.329 e. The van der Waals surface area contributed by atoms with E-state index in [0.717, 1.165) is 0 Å². The maximum absolute atomic E-state index is 13.0. The van der Waals surface area contributed by atoms with Gasteiger partial charge in [0.05, 0.1) is 10.6 Å². The molecule has 0 aromatic heterocycles. The minimum absolute atomic E-state index is 0.0239. The Hall–Kier alpha value is -5.03. The number of hydrogen-bond acceptors (Lipinski definition) is 7. The molecule has 0 heterocycles. The molecular formula is C28H24N2O8S. The number of rotatable bonds is 11. The first-order valence-corrected chi connectivity index (χ1v) is 13.1. The SMILES string of the molecule is O=C(N[C@@H](COc1ccc(O)cc1)C(=O)O)c1ccc(S(=O)(=O)Nc2ccccc2Oc2ccccc2)cc1. The Labute approximate surface area is 224 Å². The van der Waals surface area contributed by atoms with E-state index in [1.165, 1.54) is 48.5 Å². The number of para-hydroxylation sites is 3. The number of phenolic OH excluding ortho intramolecular Hbond substituents is 1. The number of hydrogen-bond donors (Lipinski definition) is 4. The molecule has 0 unspecified atom stereocenters. The van der Waals surface area contributed by atoms with Crippen LogP contribution < -0.4 is 19.5 Å². The summed E-state index contributed by atoms with van der Waals surface area (Å²) in [6.07, 6.45) is 0. The summed E-state index contributed by atoms with van der Waals surface area (Å²) in [6.45, 7) is -0.368. The lowest BCUT2D eigenvalue weighted by atomic mass is 10.2. The van der Waals surface area contributed by atoms with E-state index in [1.54, 1.807) is 48.5 Å². The summed E-state index contributed by atoms with van der Waals surface area (Å²) in [6, 6.07) is 24.8. The van der Waals surface area contributed by atoms with Gasteiger partial charge >= 0.3 is 5.97 Å². The van der Waals surface area contributed by atoms with Gasteiger partial charge in [-0.2, -0.15) is 0 Å². The lowest BCUT2D eigenvalue weighted by molar-refractivity contribution is -0.140. The molecule has 0 aliphatic heterocycles. The number of carbonyl (C=O) groups is 2. The number of ether oxygens (including phenoxy) is 2. The van der Waals surface area contributed by atoms with E-state index in [-0.39, 0.29) is 28.5 Å². The first kappa shape index (κ1) is 27.0. The summed E-state index contributed by atoms with van der Waals surface area (Å²) < 4.78 is 39.7. The number of carboxylic acid groups (broad SMARTS) is 1. The molecule has 4 rings (SSSR count). The number of phenols is 1. The minimum Gasteiger partial charge on any atom is -0.508 e. The Morgan fingerprint density at radius 2 is 1.44 bits per heavy atom. The number of carbonyl (C=O) groups excluding carboxylic acids is 1. The first-order valence-electron chi connectivity index (χ1n) is 11.6. The third-order valence-corrected chi connectivity index (χ3v) is 6.77. The van der Waals surface area contributed by atoms with Crippen molar-refractivity contribution in [2.24, 2.45) is 0 Å². The predicted octanol–water partition coefficient (Wildman–Crippen LogP) is 4.25. The van der Waals surface area contributed by atoms with Crippen molar-refractivity contribution in [3.8, 4) is 23.0 Å². The normalized spacial score (nSPS) is 11.7. The molecule has 200 valence electrons. The molecule has 0 radical (unpaired) electrons. The number of aliphatic carboxylic acids is 1. The molecule has 39 heavy (non-hydrogen) atoms. The van der Waals surface area contributed by atoms with E-state index in [2.05, 4.69) is 10.0 Å². The average molecular weight is 549 g/mol. The summed E-state index contributed by atoms with van der Waals surface area (Å²) in [5, 5.41) is 21.1. The van der Waals surface area contributed by atoms with Crippen LogP contribution in [0.25, 0.3) is 0 Å². The van der Waals surface area contributed by atoms with Gasteiger partial charge in [0.1, 0.15) is 23.9 Å². The van der Waals surface area contributed by atoms with E-state index in [1.807, 2.05) is 6.07 Å².